The molecule has 0 spiro atoms. The molecule has 0 fully saturated rings. The quantitative estimate of drug-likeness (QED) is 0.0662. The van der Waals surface area contributed by atoms with Crippen molar-refractivity contribution in [3.8, 4) is 28.4 Å². The molecule has 0 saturated carbocycles. The van der Waals surface area contributed by atoms with Crippen LogP contribution in [0.2, 0.25) is 0 Å². The Morgan fingerprint density at radius 1 is 0.558 bits per heavy atom. The number of benzene rings is 4. The molecule has 0 N–H and O–H groups in total. The Kier molecular flexibility index (Phi) is 11.1. The van der Waals surface area contributed by atoms with E-state index in [4.69, 9.17) is 23.7 Å². The van der Waals surface area contributed by atoms with Crippen molar-refractivity contribution in [1.29, 1.82) is 0 Å². The van der Waals surface area contributed by atoms with Crippen LogP contribution in [0.15, 0.2) is 110 Å². The summed E-state index contributed by atoms with van der Waals surface area (Å²) >= 11 is 0. The van der Waals surface area contributed by atoms with E-state index in [1.807, 2.05) is 42.5 Å². The van der Waals surface area contributed by atoms with Gasteiger partial charge in [-0.2, -0.15) is 0 Å². The topological polar surface area (TPSA) is 97.4 Å². The van der Waals surface area contributed by atoms with Crippen LogP contribution in [0.4, 0.5) is 0 Å². The Labute approximate surface area is 250 Å². The molecule has 4 aromatic rings. The molecule has 0 unspecified atom stereocenters. The van der Waals surface area contributed by atoms with Gasteiger partial charge >= 0.3 is 17.9 Å². The van der Waals surface area contributed by atoms with Crippen molar-refractivity contribution in [3.05, 3.63) is 116 Å². The standard InChI is InChI=1S/C35H32O8/c1-3-33(36)41-21-5-19-39-30-15-17-31(18-16-30)43-35(38)26-9-7-25(8-10-26)27-11-12-29-24-32(14-13-28(29)23-27)40-20-6-22-42-34(37)4-2/h3-4,7-18,23-24H,1-2,5-6,19-22H2. The van der Waals surface area contributed by atoms with Crippen LogP contribution in [0, 0.1) is 0 Å². The van der Waals surface area contributed by atoms with Crippen LogP contribution in [-0.2, 0) is 19.1 Å². The first-order valence-corrected chi connectivity index (χ1v) is 13.8. The van der Waals surface area contributed by atoms with Crippen molar-refractivity contribution >= 4 is 28.7 Å². The van der Waals surface area contributed by atoms with Gasteiger partial charge in [0.05, 0.1) is 32.0 Å². The highest BCUT2D eigenvalue weighted by molar-refractivity contribution is 5.92. The summed E-state index contributed by atoms with van der Waals surface area (Å²) in [5, 5.41) is 2.08. The molecular formula is C35H32O8. The minimum Gasteiger partial charge on any atom is -0.493 e. The van der Waals surface area contributed by atoms with Crippen LogP contribution in [0.1, 0.15) is 23.2 Å². The molecule has 0 amide bonds. The van der Waals surface area contributed by atoms with Crippen molar-refractivity contribution in [2.24, 2.45) is 0 Å². The zero-order valence-electron chi connectivity index (χ0n) is 23.7. The van der Waals surface area contributed by atoms with Crippen molar-refractivity contribution in [3.63, 3.8) is 0 Å². The lowest BCUT2D eigenvalue weighted by Gasteiger charge is -2.10. The van der Waals surface area contributed by atoms with E-state index in [-0.39, 0.29) is 13.2 Å². The maximum Gasteiger partial charge on any atom is 0.343 e. The maximum absolute atomic E-state index is 12.7. The van der Waals surface area contributed by atoms with Crippen molar-refractivity contribution in [1.82, 2.24) is 0 Å². The number of rotatable bonds is 15. The van der Waals surface area contributed by atoms with Crippen molar-refractivity contribution in [2.75, 3.05) is 26.4 Å². The summed E-state index contributed by atoms with van der Waals surface area (Å²) in [4.78, 5) is 34.8. The number of carbonyl (C=O) groups is 3. The predicted octanol–water partition coefficient (Wildman–Crippen LogP) is 6.72. The summed E-state index contributed by atoms with van der Waals surface area (Å²) in [6.45, 7) is 8.04. The molecule has 0 bridgehead atoms. The molecule has 0 aliphatic rings. The second-order valence-corrected chi connectivity index (χ2v) is 9.31. The molecule has 8 nitrogen and oxygen atoms in total. The van der Waals surface area contributed by atoms with Gasteiger partial charge in [0.2, 0.25) is 0 Å². The Hall–Kier alpha value is -5.37. The molecule has 0 radical (unpaired) electrons. The fourth-order valence-corrected chi connectivity index (χ4v) is 4.02. The van der Waals surface area contributed by atoms with Gasteiger partial charge in [0.25, 0.3) is 0 Å². The SMILES string of the molecule is C=CC(=O)OCCCOc1ccc(OC(=O)c2ccc(-c3ccc4cc(OCCCOC(=O)C=C)ccc4c3)cc2)cc1. The lowest BCUT2D eigenvalue weighted by Crippen LogP contribution is -2.08. The fourth-order valence-electron chi connectivity index (χ4n) is 4.02. The molecule has 0 saturated heterocycles. The first kappa shape index (κ1) is 30.6. The number of hydrogen-bond donors (Lipinski definition) is 0. The van der Waals surface area contributed by atoms with E-state index in [9.17, 15) is 14.4 Å². The fraction of sp³-hybridized carbons (Fsp3) is 0.171. The lowest BCUT2D eigenvalue weighted by molar-refractivity contribution is -0.138. The summed E-state index contributed by atoms with van der Waals surface area (Å²) in [7, 11) is 0. The average Bonchev–Trinajstić information content (AvgIpc) is 3.04. The van der Waals surface area contributed by atoms with E-state index in [2.05, 4.69) is 19.2 Å². The van der Waals surface area contributed by atoms with Gasteiger partial charge in [0, 0.05) is 25.0 Å². The minimum absolute atomic E-state index is 0.247. The van der Waals surface area contributed by atoms with Crippen LogP contribution in [-0.4, -0.2) is 44.3 Å². The number of carbonyl (C=O) groups excluding carboxylic acids is 3. The molecule has 220 valence electrons. The van der Waals surface area contributed by atoms with Gasteiger partial charge in [-0.1, -0.05) is 43.5 Å². The van der Waals surface area contributed by atoms with Crippen LogP contribution in [0.25, 0.3) is 21.9 Å². The van der Waals surface area contributed by atoms with Crippen molar-refractivity contribution in [2.45, 2.75) is 12.8 Å². The smallest absolute Gasteiger partial charge is 0.343 e. The predicted molar refractivity (Wildman–Crippen MR) is 163 cm³/mol. The van der Waals surface area contributed by atoms with Crippen LogP contribution in [0.3, 0.4) is 0 Å². The summed E-state index contributed by atoms with van der Waals surface area (Å²) in [6.07, 6.45) is 3.38. The maximum atomic E-state index is 12.7. The summed E-state index contributed by atoms with van der Waals surface area (Å²) < 4.78 is 26.7. The highest BCUT2D eigenvalue weighted by atomic mass is 16.5. The molecule has 0 aliphatic heterocycles. The molecular weight excluding hydrogens is 548 g/mol. The normalized spacial score (nSPS) is 10.4. The number of esters is 3. The third-order valence-corrected chi connectivity index (χ3v) is 6.24. The first-order chi connectivity index (χ1) is 20.9. The molecule has 43 heavy (non-hydrogen) atoms. The molecule has 0 aliphatic carbocycles. The number of ether oxygens (including phenoxy) is 5. The molecule has 8 heteroatoms. The molecule has 4 rings (SSSR count). The first-order valence-electron chi connectivity index (χ1n) is 13.8. The van der Waals surface area contributed by atoms with E-state index < -0.39 is 17.9 Å². The van der Waals surface area contributed by atoms with Gasteiger partial charge in [-0.25, -0.2) is 14.4 Å². The highest BCUT2D eigenvalue weighted by Gasteiger charge is 2.10. The van der Waals surface area contributed by atoms with Gasteiger partial charge in [-0.3, -0.25) is 0 Å². The largest absolute Gasteiger partial charge is 0.493 e. The van der Waals surface area contributed by atoms with Gasteiger partial charge in [0.15, 0.2) is 0 Å². The monoisotopic (exact) mass is 580 g/mol. The summed E-state index contributed by atoms with van der Waals surface area (Å²) in [5.41, 5.74) is 2.41. The van der Waals surface area contributed by atoms with Crippen LogP contribution < -0.4 is 14.2 Å². The second-order valence-electron chi connectivity index (χ2n) is 9.31. The summed E-state index contributed by atoms with van der Waals surface area (Å²) in [6, 6.07) is 26.0. The zero-order valence-corrected chi connectivity index (χ0v) is 23.7. The molecule has 4 aromatic carbocycles. The molecule has 0 aromatic heterocycles. The Balaban J connectivity index is 1.27. The Morgan fingerprint density at radius 3 is 1.70 bits per heavy atom. The molecule has 0 atom stereocenters. The Morgan fingerprint density at radius 2 is 1.07 bits per heavy atom. The van der Waals surface area contributed by atoms with Crippen molar-refractivity contribution < 1.29 is 38.1 Å². The van der Waals surface area contributed by atoms with Gasteiger partial charge in [-0.05, 0) is 76.5 Å². The molecule has 0 heterocycles. The van der Waals surface area contributed by atoms with Crippen LogP contribution in [0.5, 0.6) is 17.2 Å². The lowest BCUT2D eigenvalue weighted by atomic mass is 10.00. The van der Waals surface area contributed by atoms with Gasteiger partial charge in [0.1, 0.15) is 17.2 Å². The van der Waals surface area contributed by atoms with E-state index in [0.29, 0.717) is 43.1 Å². The number of hydrogen-bond acceptors (Lipinski definition) is 8. The average molecular weight is 581 g/mol. The van der Waals surface area contributed by atoms with E-state index in [0.717, 1.165) is 39.8 Å². The van der Waals surface area contributed by atoms with E-state index >= 15 is 0 Å². The van der Waals surface area contributed by atoms with E-state index in [1.165, 1.54) is 0 Å². The second kappa shape index (κ2) is 15.6. The highest BCUT2D eigenvalue weighted by Crippen LogP contribution is 2.28. The summed E-state index contributed by atoms with van der Waals surface area (Å²) in [5.74, 6) is 0.385. The number of fused-ring (bicyclic) bond motifs is 1. The van der Waals surface area contributed by atoms with Gasteiger partial charge < -0.3 is 23.7 Å². The third kappa shape index (κ3) is 9.33. The Bertz CT molecular complexity index is 1570. The van der Waals surface area contributed by atoms with E-state index in [1.54, 1.807) is 36.4 Å². The third-order valence-electron chi connectivity index (χ3n) is 6.24. The van der Waals surface area contributed by atoms with Gasteiger partial charge in [-0.15, -0.1) is 0 Å². The minimum atomic E-state index is -0.464. The zero-order chi connectivity index (χ0) is 30.4. The van der Waals surface area contributed by atoms with Crippen LogP contribution >= 0.6 is 0 Å².